The van der Waals surface area contributed by atoms with Crippen LogP contribution in [0.4, 0.5) is 5.82 Å². The van der Waals surface area contributed by atoms with Crippen LogP contribution in [0, 0.1) is 0 Å². The third-order valence-corrected chi connectivity index (χ3v) is 9.92. The fourth-order valence-corrected chi connectivity index (χ4v) is 7.25. The van der Waals surface area contributed by atoms with E-state index in [1.807, 2.05) is 24.3 Å². The Bertz CT molecular complexity index is 1390. The number of nitrogens with one attached hydrogen (secondary N) is 1. The second-order valence-electron chi connectivity index (χ2n) is 12.4. The number of aromatic nitrogens is 2. The Labute approximate surface area is 289 Å². The van der Waals surface area contributed by atoms with Gasteiger partial charge in [0.1, 0.15) is 23.8 Å². The van der Waals surface area contributed by atoms with Gasteiger partial charge in [-0.25, -0.2) is 14.6 Å². The lowest BCUT2D eigenvalue weighted by molar-refractivity contribution is -0.121. The van der Waals surface area contributed by atoms with Crippen molar-refractivity contribution >= 4 is 31.9 Å². The summed E-state index contributed by atoms with van der Waals surface area (Å²) in [5.41, 5.74) is 1.35. The molecular formula is C34H54N5O8P. The zero-order chi connectivity index (χ0) is 37.0. The third kappa shape index (κ3) is 9.90. The number of benzene rings is 1. The van der Waals surface area contributed by atoms with Crippen molar-refractivity contribution in [2.45, 2.75) is 117 Å². The average Bonchev–Trinajstić information content (AvgIpc) is 3.65. The van der Waals surface area contributed by atoms with Gasteiger partial charge in [0.25, 0.3) is 14.4 Å². The highest BCUT2D eigenvalue weighted by Gasteiger charge is 2.48. The van der Waals surface area contributed by atoms with Crippen LogP contribution in [-0.4, -0.2) is 96.1 Å². The fraction of sp³-hybridized carbons (Fsp3) is 0.647. The number of hydrogen-bond acceptors (Lipinski definition) is 11. The van der Waals surface area contributed by atoms with Crippen molar-refractivity contribution in [1.29, 1.82) is 1.43 Å². The average molecular weight is 695 g/mol. The number of hydrogen-bond donors (Lipinski definition) is 2. The SMILES string of the molecule is [2H]CC1OC(n2cnc3c2N=C(NC(=O)COc2ccc(C(C)C)cc2)CC3=O)C(OC)C1OP(OCCCC)N(C(C)C)C(C)C.[3H]OC. The van der Waals surface area contributed by atoms with Crippen molar-refractivity contribution in [3.63, 3.8) is 0 Å². The van der Waals surface area contributed by atoms with Gasteiger partial charge in [-0.3, -0.25) is 14.2 Å². The molecule has 5 atom stereocenters. The number of aliphatic hydroxyl groups excluding tert-OH is 1. The minimum absolute atomic E-state index is 0.0803. The number of ether oxygens (including phenoxy) is 3. The van der Waals surface area contributed by atoms with Crippen LogP contribution in [0.25, 0.3) is 0 Å². The maximum absolute atomic E-state index is 13.1. The molecule has 2 N–H and O–H groups in total. The quantitative estimate of drug-likeness (QED) is 0.171. The number of imidazole rings is 1. The maximum atomic E-state index is 13.1. The molecule has 3 heterocycles. The molecule has 1 saturated heterocycles. The van der Waals surface area contributed by atoms with Crippen LogP contribution in [0.5, 0.6) is 5.75 Å². The summed E-state index contributed by atoms with van der Waals surface area (Å²) in [6.45, 7) is 15.0. The molecule has 0 spiro atoms. The van der Waals surface area contributed by atoms with Gasteiger partial charge in [-0.05, 0) is 64.6 Å². The highest BCUT2D eigenvalue weighted by atomic mass is 31.2. The van der Waals surface area contributed by atoms with Crippen LogP contribution < -0.4 is 10.1 Å². The van der Waals surface area contributed by atoms with Gasteiger partial charge in [0, 0.05) is 27.7 Å². The molecule has 2 aliphatic heterocycles. The first kappa shape index (κ1) is 36.5. The monoisotopic (exact) mass is 694 g/mol. The number of unbranched alkanes of at least 4 members (excludes halogenated alkanes) is 1. The largest absolute Gasteiger partial charge is 0.484 e. The standard InChI is InChI=1S/C33H50N5O7P.CH4O/c1-10-11-16-43-46(38(21(4)5)22(6)7)45-30-23(8)44-33(31(30)41-9)37-19-34-29-26(39)17-27(36-32(29)37)35-28(40)18-42-25-14-12-24(13-15-25)20(2)3;1-2/h12-15,19-23,30-31,33H,10-11,16-18H2,1-9H3,(H,35,36,40);2H,1H3/i8D;2T. The van der Waals surface area contributed by atoms with Crippen molar-refractivity contribution in [2.75, 3.05) is 27.4 Å². The number of carbonyl (C=O) groups excluding carboxylic acids is 2. The number of rotatable bonds is 15. The van der Waals surface area contributed by atoms with E-state index in [2.05, 4.69) is 73.5 Å². The number of aliphatic imine (C=N–C) groups is 1. The molecule has 0 bridgehead atoms. The van der Waals surface area contributed by atoms with Crippen LogP contribution in [-0.2, 0) is 23.3 Å². The number of amidine groups is 1. The Morgan fingerprint density at radius 2 is 1.92 bits per heavy atom. The van der Waals surface area contributed by atoms with Crippen molar-refractivity contribution in [2.24, 2.45) is 4.99 Å². The van der Waals surface area contributed by atoms with E-state index < -0.39 is 39.0 Å². The number of methoxy groups -OCH3 is 1. The zero-order valence-electron chi connectivity index (χ0n) is 31.7. The first-order valence-electron chi connectivity index (χ1n) is 17.6. The number of ketones is 1. The van der Waals surface area contributed by atoms with Crippen molar-refractivity contribution < 1.29 is 39.3 Å². The second kappa shape index (κ2) is 18.8. The first-order valence-corrected chi connectivity index (χ1v) is 17.6. The number of nitrogens with zero attached hydrogens (tertiary/aromatic N) is 4. The van der Waals surface area contributed by atoms with Crippen LogP contribution in [0.15, 0.2) is 35.6 Å². The van der Waals surface area contributed by atoms with E-state index in [-0.39, 0.29) is 55.1 Å². The third-order valence-electron chi connectivity index (χ3n) is 7.79. The molecule has 0 radical (unpaired) electrons. The Hall–Kier alpha value is -2.77. The molecule has 13 nitrogen and oxygen atoms in total. The smallest absolute Gasteiger partial charge is 0.263 e. The molecular weight excluding hydrogens is 637 g/mol. The summed E-state index contributed by atoms with van der Waals surface area (Å²) < 4.78 is 48.8. The van der Waals surface area contributed by atoms with E-state index in [0.29, 0.717) is 18.3 Å². The normalized spacial score (nSPS) is 21.9. The summed E-state index contributed by atoms with van der Waals surface area (Å²) in [4.78, 5) is 34.8. The zero-order valence-corrected chi connectivity index (χ0v) is 30.6. The molecule has 1 aromatic heterocycles. The molecule has 1 aromatic carbocycles. The first-order chi connectivity index (χ1) is 23.9. The van der Waals surface area contributed by atoms with Crippen LogP contribution >= 0.6 is 8.53 Å². The van der Waals surface area contributed by atoms with E-state index in [1.54, 1.807) is 11.7 Å². The molecule has 0 saturated carbocycles. The van der Waals surface area contributed by atoms with Crippen LogP contribution in [0.3, 0.4) is 0 Å². The number of Topliss-reactive ketones (excluding diaryl/α,β-unsaturated/α-hetero) is 1. The molecule has 2 aromatic rings. The van der Waals surface area contributed by atoms with E-state index in [9.17, 15) is 9.59 Å². The molecule has 1 fully saturated rings. The summed E-state index contributed by atoms with van der Waals surface area (Å²) in [7, 11) is 1.35. The van der Waals surface area contributed by atoms with E-state index in [4.69, 9.17) is 26.1 Å². The minimum atomic E-state index is -1.50. The van der Waals surface area contributed by atoms with Crippen molar-refractivity contribution in [3.05, 3.63) is 41.9 Å². The minimum Gasteiger partial charge on any atom is -0.484 e. The van der Waals surface area contributed by atoms with E-state index >= 15 is 0 Å². The summed E-state index contributed by atoms with van der Waals surface area (Å²) in [6.07, 6.45) is 0.527. The second-order valence-corrected chi connectivity index (χ2v) is 13.8. The van der Waals surface area contributed by atoms with Gasteiger partial charge in [-0.1, -0.05) is 39.3 Å². The number of amides is 1. The number of carbonyl (C=O) groups is 2. The molecule has 14 heteroatoms. The Balaban J connectivity index is 0.00000217. The Kier molecular flexibility index (Phi) is 14.3. The molecule has 268 valence electrons. The highest BCUT2D eigenvalue weighted by molar-refractivity contribution is 7.44. The lowest BCUT2D eigenvalue weighted by Crippen LogP contribution is -2.39. The van der Waals surface area contributed by atoms with Crippen LogP contribution in [0.1, 0.15) is 104 Å². The van der Waals surface area contributed by atoms with Gasteiger partial charge < -0.3 is 33.7 Å². The van der Waals surface area contributed by atoms with Gasteiger partial charge in [0.05, 0.1) is 25.5 Å². The molecule has 5 unspecified atom stereocenters. The maximum Gasteiger partial charge on any atom is 0.263 e. The van der Waals surface area contributed by atoms with Crippen molar-refractivity contribution in [3.8, 4) is 5.75 Å². The fourth-order valence-electron chi connectivity index (χ4n) is 5.44. The van der Waals surface area contributed by atoms with Crippen LogP contribution in [0.2, 0.25) is 0 Å². The summed E-state index contributed by atoms with van der Waals surface area (Å²) in [6, 6.07) is 7.90. The van der Waals surface area contributed by atoms with Gasteiger partial charge >= 0.3 is 0 Å². The topological polar surface area (TPSA) is 146 Å². The van der Waals surface area contributed by atoms with E-state index in [0.717, 1.165) is 12.8 Å². The Morgan fingerprint density at radius 3 is 2.50 bits per heavy atom. The van der Waals surface area contributed by atoms with Gasteiger partial charge in [0.15, 0.2) is 30.1 Å². The predicted molar refractivity (Wildman–Crippen MR) is 186 cm³/mol. The summed E-state index contributed by atoms with van der Waals surface area (Å²) in [5, 5.41) is 6.21. The van der Waals surface area contributed by atoms with Gasteiger partial charge in [-0.2, -0.15) is 0 Å². The molecule has 1 amide bonds. The molecule has 4 rings (SSSR count). The van der Waals surface area contributed by atoms with Gasteiger partial charge in [0.2, 0.25) is 1.43 Å². The number of fused-ring (bicyclic) bond motifs is 1. The lowest BCUT2D eigenvalue weighted by Gasteiger charge is -2.38. The molecule has 0 aliphatic carbocycles. The lowest BCUT2D eigenvalue weighted by atomic mass is 10.0. The predicted octanol–water partition coefficient (Wildman–Crippen LogP) is 5.91. The molecule has 2 aliphatic rings. The Morgan fingerprint density at radius 1 is 1.23 bits per heavy atom. The number of aliphatic hydroxyl groups is 1. The summed E-state index contributed by atoms with van der Waals surface area (Å²) in [5.74, 6) is 0.654. The highest BCUT2D eigenvalue weighted by Crippen LogP contribution is 2.51. The van der Waals surface area contributed by atoms with Gasteiger partial charge in [-0.15, -0.1) is 0 Å². The summed E-state index contributed by atoms with van der Waals surface area (Å²) >= 11 is 0. The van der Waals surface area contributed by atoms with Crippen molar-refractivity contribution in [1.82, 2.24) is 19.5 Å². The van der Waals surface area contributed by atoms with E-state index in [1.165, 1.54) is 19.0 Å². The molecule has 48 heavy (non-hydrogen) atoms.